The van der Waals surface area contributed by atoms with Gasteiger partial charge in [-0.25, -0.2) is 9.98 Å². The second kappa shape index (κ2) is 10.6. The highest BCUT2D eigenvalue weighted by Crippen LogP contribution is 2.26. The van der Waals surface area contributed by atoms with Gasteiger partial charge in [-0.05, 0) is 44.8 Å². The number of anilines is 1. The first-order valence-electron chi connectivity index (χ1n) is 11.6. The Kier molecular flexibility index (Phi) is 7.32. The molecule has 0 aliphatic carbocycles. The number of aryl methyl sites for hydroxylation is 1. The molecule has 3 heterocycles. The number of fused-ring (bicyclic) bond motifs is 1. The van der Waals surface area contributed by atoms with E-state index < -0.39 is 0 Å². The predicted octanol–water partition coefficient (Wildman–Crippen LogP) is 3.96. The van der Waals surface area contributed by atoms with E-state index >= 15 is 0 Å². The van der Waals surface area contributed by atoms with Crippen LogP contribution in [0, 0.1) is 6.92 Å². The molecule has 0 bridgehead atoms. The van der Waals surface area contributed by atoms with Crippen molar-refractivity contribution >= 4 is 29.3 Å². The monoisotopic (exact) mass is 462 g/mol. The van der Waals surface area contributed by atoms with Gasteiger partial charge >= 0.3 is 0 Å². The summed E-state index contributed by atoms with van der Waals surface area (Å²) in [5.74, 6) is 3.29. The van der Waals surface area contributed by atoms with Crippen LogP contribution in [-0.4, -0.2) is 77.5 Å². The van der Waals surface area contributed by atoms with Crippen LogP contribution in [0.15, 0.2) is 52.3 Å². The molecule has 0 amide bonds. The SMILES string of the molecule is C=N/C(=C\C(=N/COc1ccc2[nH]ccc2c1C)N1CCN(C)CC1)Nc1cc(C(C)C)[nH]n1. The summed E-state index contributed by atoms with van der Waals surface area (Å²) in [4.78, 5) is 16.8. The molecule has 0 unspecified atom stereocenters. The van der Waals surface area contributed by atoms with Gasteiger partial charge in [0.25, 0.3) is 0 Å². The van der Waals surface area contributed by atoms with Crippen molar-refractivity contribution in [3.63, 3.8) is 0 Å². The van der Waals surface area contributed by atoms with Crippen molar-refractivity contribution in [1.29, 1.82) is 0 Å². The number of H-pyrrole nitrogens is 2. The van der Waals surface area contributed by atoms with Gasteiger partial charge in [0.05, 0.1) is 0 Å². The number of likely N-dealkylation sites (N-methyl/N-ethyl adjacent to an activating group) is 1. The summed E-state index contributed by atoms with van der Waals surface area (Å²) in [5, 5.41) is 11.8. The number of amidine groups is 1. The topological polar surface area (TPSA) is 96.9 Å². The van der Waals surface area contributed by atoms with Gasteiger partial charge in [0.1, 0.15) is 17.4 Å². The lowest BCUT2D eigenvalue weighted by atomic mass is 10.1. The van der Waals surface area contributed by atoms with E-state index in [0.717, 1.165) is 59.9 Å². The molecule has 1 aromatic carbocycles. The van der Waals surface area contributed by atoms with Crippen molar-refractivity contribution in [1.82, 2.24) is 25.0 Å². The molecule has 0 spiro atoms. The quantitative estimate of drug-likeness (QED) is 0.348. The van der Waals surface area contributed by atoms with Gasteiger partial charge in [0.2, 0.25) is 0 Å². The Labute approximate surface area is 200 Å². The molecule has 0 saturated carbocycles. The van der Waals surface area contributed by atoms with Crippen LogP contribution >= 0.6 is 0 Å². The Morgan fingerprint density at radius 3 is 2.76 bits per heavy atom. The highest BCUT2D eigenvalue weighted by Gasteiger charge is 2.17. The zero-order valence-electron chi connectivity index (χ0n) is 20.4. The molecule has 1 saturated heterocycles. The minimum atomic E-state index is 0.208. The first-order valence-corrected chi connectivity index (χ1v) is 11.6. The molecule has 9 heteroatoms. The third kappa shape index (κ3) is 5.48. The van der Waals surface area contributed by atoms with Crippen LogP contribution in [0.25, 0.3) is 10.9 Å². The number of rotatable bonds is 8. The summed E-state index contributed by atoms with van der Waals surface area (Å²) in [6.07, 6.45) is 3.85. The zero-order valence-corrected chi connectivity index (χ0v) is 20.4. The van der Waals surface area contributed by atoms with Gasteiger partial charge in [-0.15, -0.1) is 0 Å². The maximum Gasteiger partial charge on any atom is 0.181 e. The van der Waals surface area contributed by atoms with Gasteiger partial charge in [0.15, 0.2) is 12.5 Å². The molecule has 1 aliphatic heterocycles. The number of hydrogen-bond donors (Lipinski definition) is 3. The second-order valence-corrected chi connectivity index (χ2v) is 8.88. The molecular weight excluding hydrogens is 428 g/mol. The minimum absolute atomic E-state index is 0.208. The Bertz CT molecular complexity index is 1180. The number of nitrogens with one attached hydrogen (secondary N) is 3. The van der Waals surface area contributed by atoms with Crippen molar-refractivity contribution in [2.24, 2.45) is 9.98 Å². The summed E-state index contributed by atoms with van der Waals surface area (Å²) in [7, 11) is 2.13. The summed E-state index contributed by atoms with van der Waals surface area (Å²) >= 11 is 0. The fraction of sp³-hybridized carbons (Fsp3) is 0.400. The molecule has 3 aromatic rings. The van der Waals surface area contributed by atoms with E-state index in [1.165, 1.54) is 0 Å². The number of ether oxygens (including phenoxy) is 1. The first-order chi connectivity index (χ1) is 16.4. The van der Waals surface area contributed by atoms with Gasteiger partial charge in [-0.3, -0.25) is 5.10 Å². The van der Waals surface area contributed by atoms with Crippen LogP contribution in [0.2, 0.25) is 0 Å². The maximum atomic E-state index is 6.07. The van der Waals surface area contributed by atoms with E-state index in [9.17, 15) is 0 Å². The molecule has 2 aromatic heterocycles. The molecule has 1 fully saturated rings. The summed E-state index contributed by atoms with van der Waals surface area (Å²) in [6.45, 7) is 13.9. The van der Waals surface area contributed by atoms with Gasteiger partial charge < -0.3 is 24.8 Å². The van der Waals surface area contributed by atoms with Crippen LogP contribution in [-0.2, 0) is 0 Å². The van der Waals surface area contributed by atoms with Crippen LogP contribution in [0.3, 0.4) is 0 Å². The number of aromatic nitrogens is 3. The number of aliphatic imine (C=N–C) groups is 2. The Morgan fingerprint density at radius 1 is 1.26 bits per heavy atom. The van der Waals surface area contributed by atoms with Crippen LogP contribution in [0.5, 0.6) is 5.75 Å². The lowest BCUT2D eigenvalue weighted by Crippen LogP contribution is -2.47. The molecule has 0 atom stereocenters. The van der Waals surface area contributed by atoms with E-state index in [-0.39, 0.29) is 6.73 Å². The molecule has 4 rings (SSSR count). The lowest BCUT2D eigenvalue weighted by molar-refractivity contribution is 0.214. The Balaban J connectivity index is 1.53. The molecule has 0 radical (unpaired) electrons. The minimum Gasteiger partial charge on any atom is -0.471 e. The summed E-state index contributed by atoms with van der Waals surface area (Å²) in [6, 6.07) is 8.06. The van der Waals surface area contributed by atoms with Crippen molar-refractivity contribution < 1.29 is 4.74 Å². The number of hydrogen-bond acceptors (Lipinski definition) is 6. The third-order valence-electron chi connectivity index (χ3n) is 6.14. The predicted molar refractivity (Wildman–Crippen MR) is 139 cm³/mol. The smallest absolute Gasteiger partial charge is 0.181 e. The lowest BCUT2D eigenvalue weighted by Gasteiger charge is -2.33. The maximum absolute atomic E-state index is 6.07. The van der Waals surface area contributed by atoms with E-state index in [1.54, 1.807) is 0 Å². The zero-order chi connectivity index (χ0) is 24.1. The molecule has 3 N–H and O–H groups in total. The fourth-order valence-corrected chi connectivity index (χ4v) is 3.93. The summed E-state index contributed by atoms with van der Waals surface area (Å²) < 4.78 is 6.07. The van der Waals surface area contributed by atoms with E-state index in [4.69, 9.17) is 9.73 Å². The summed E-state index contributed by atoms with van der Waals surface area (Å²) in [5.41, 5.74) is 3.25. The highest BCUT2D eigenvalue weighted by atomic mass is 16.5. The highest BCUT2D eigenvalue weighted by molar-refractivity contribution is 5.94. The van der Waals surface area contributed by atoms with Crippen molar-refractivity contribution in [2.45, 2.75) is 26.7 Å². The molecular formula is C25H34N8O. The van der Waals surface area contributed by atoms with Crippen molar-refractivity contribution in [3.8, 4) is 5.75 Å². The Hall–Kier alpha value is -3.59. The van der Waals surface area contributed by atoms with Crippen molar-refractivity contribution in [3.05, 3.63) is 53.6 Å². The number of benzene rings is 1. The van der Waals surface area contributed by atoms with Gasteiger partial charge in [0, 0.05) is 66.7 Å². The number of piperazine rings is 1. The van der Waals surface area contributed by atoms with E-state index in [2.05, 4.69) is 75.9 Å². The molecule has 180 valence electrons. The van der Waals surface area contributed by atoms with Gasteiger partial charge in [-0.2, -0.15) is 5.10 Å². The molecule has 1 aliphatic rings. The number of aromatic amines is 2. The van der Waals surface area contributed by atoms with E-state index in [1.807, 2.05) is 30.5 Å². The first kappa shape index (κ1) is 23.6. The largest absolute Gasteiger partial charge is 0.471 e. The third-order valence-corrected chi connectivity index (χ3v) is 6.14. The average Bonchev–Trinajstić information content (AvgIpc) is 3.50. The second-order valence-electron chi connectivity index (χ2n) is 8.88. The van der Waals surface area contributed by atoms with Crippen LogP contribution in [0.1, 0.15) is 31.0 Å². The van der Waals surface area contributed by atoms with Crippen LogP contribution in [0.4, 0.5) is 5.82 Å². The van der Waals surface area contributed by atoms with Gasteiger partial charge in [-0.1, -0.05) is 13.8 Å². The van der Waals surface area contributed by atoms with Crippen molar-refractivity contribution in [2.75, 3.05) is 45.3 Å². The Morgan fingerprint density at radius 2 is 2.06 bits per heavy atom. The van der Waals surface area contributed by atoms with E-state index in [0.29, 0.717) is 17.6 Å². The normalized spacial score (nSPS) is 15.9. The fourth-order valence-electron chi connectivity index (χ4n) is 3.93. The van der Waals surface area contributed by atoms with Crippen LogP contribution < -0.4 is 10.1 Å². The standard InChI is InChI=1S/C25H34N8O/c1-17(2)21-14-24(31-30-21)29-23(26-4)15-25(33-12-10-32(5)11-13-33)28-16-34-22-7-6-20-19(18(22)3)8-9-27-20/h6-9,14-15,17,27H,4,10-13,16H2,1-3,5H3,(H2,29,30,31)/b23-15+,28-25+. The number of nitrogens with zero attached hydrogens (tertiary/aromatic N) is 5. The molecule has 9 nitrogen and oxygen atoms in total. The average molecular weight is 463 g/mol. The molecule has 34 heavy (non-hydrogen) atoms.